The molecule has 2 heterocycles. The molecule has 6 nitrogen and oxygen atoms in total. The Hall–Kier alpha value is -2.08. The molecule has 1 N–H and O–H groups in total. The molecule has 2 aliphatic heterocycles. The lowest BCUT2D eigenvalue weighted by Crippen LogP contribution is -2.26. The van der Waals surface area contributed by atoms with Gasteiger partial charge in [0.15, 0.2) is 0 Å². The lowest BCUT2D eigenvalue weighted by Gasteiger charge is -2.18. The molecule has 1 aromatic carbocycles. The SMILES string of the molecule is CN1CCc2ccc(N3CC(OC(=O)O)CC3=O)cc2CC1. The lowest BCUT2D eigenvalue weighted by molar-refractivity contribution is -0.117. The highest BCUT2D eigenvalue weighted by atomic mass is 16.7. The fourth-order valence-corrected chi connectivity index (χ4v) is 3.14. The third-order valence-electron chi connectivity index (χ3n) is 4.38. The predicted octanol–water partition coefficient (Wildman–Crippen LogP) is 1.52. The summed E-state index contributed by atoms with van der Waals surface area (Å²) < 4.78 is 4.73. The molecule has 1 fully saturated rings. The molecule has 3 rings (SSSR count). The Balaban J connectivity index is 1.78. The van der Waals surface area contributed by atoms with Gasteiger partial charge in [0, 0.05) is 18.8 Å². The van der Waals surface area contributed by atoms with Crippen LogP contribution in [0.4, 0.5) is 10.5 Å². The Morgan fingerprint density at radius 1 is 1.27 bits per heavy atom. The highest BCUT2D eigenvalue weighted by Gasteiger charge is 2.33. The van der Waals surface area contributed by atoms with E-state index in [9.17, 15) is 9.59 Å². The quantitative estimate of drug-likeness (QED) is 0.839. The summed E-state index contributed by atoms with van der Waals surface area (Å²) in [7, 11) is 2.12. The summed E-state index contributed by atoms with van der Waals surface area (Å²) in [6, 6.07) is 6.10. The van der Waals surface area contributed by atoms with Gasteiger partial charge in [0.1, 0.15) is 6.10 Å². The molecule has 2 aliphatic rings. The number of rotatable bonds is 2. The molecule has 0 aromatic heterocycles. The van der Waals surface area contributed by atoms with E-state index in [0.29, 0.717) is 6.54 Å². The molecule has 1 saturated heterocycles. The number of ether oxygens (including phenoxy) is 1. The summed E-state index contributed by atoms with van der Waals surface area (Å²) in [5.74, 6) is -0.0862. The number of carboxylic acid groups (broad SMARTS) is 1. The molecule has 0 bridgehead atoms. The number of fused-ring (bicyclic) bond motifs is 1. The van der Waals surface area contributed by atoms with Gasteiger partial charge in [0.2, 0.25) is 5.91 Å². The standard InChI is InChI=1S/C16H20N2O4/c1-17-6-4-11-2-3-13(8-12(11)5-7-17)18-10-14(9-15(18)19)22-16(20)21/h2-3,8,14H,4-7,9-10H2,1H3,(H,20,21). The second-order valence-electron chi connectivity index (χ2n) is 5.97. The van der Waals surface area contributed by atoms with Crippen molar-refractivity contribution in [3.8, 4) is 0 Å². The number of likely N-dealkylation sites (N-methyl/N-ethyl adjacent to an activating group) is 1. The molecule has 0 saturated carbocycles. The van der Waals surface area contributed by atoms with Gasteiger partial charge in [-0.2, -0.15) is 0 Å². The summed E-state index contributed by atoms with van der Waals surface area (Å²) in [5, 5.41) is 8.67. The van der Waals surface area contributed by atoms with Crippen molar-refractivity contribution in [1.82, 2.24) is 4.90 Å². The van der Waals surface area contributed by atoms with Crippen LogP contribution in [0.1, 0.15) is 17.5 Å². The van der Waals surface area contributed by atoms with Gasteiger partial charge < -0.3 is 19.6 Å². The first-order valence-corrected chi connectivity index (χ1v) is 7.53. The van der Waals surface area contributed by atoms with Crippen LogP contribution in [0, 0.1) is 0 Å². The van der Waals surface area contributed by atoms with E-state index in [-0.39, 0.29) is 12.3 Å². The van der Waals surface area contributed by atoms with Gasteiger partial charge >= 0.3 is 6.16 Å². The van der Waals surface area contributed by atoms with E-state index < -0.39 is 12.3 Å². The van der Waals surface area contributed by atoms with Crippen LogP contribution in [0.15, 0.2) is 18.2 Å². The zero-order valence-corrected chi connectivity index (χ0v) is 12.6. The first-order chi connectivity index (χ1) is 10.5. The second kappa shape index (κ2) is 5.96. The van der Waals surface area contributed by atoms with Crippen LogP contribution >= 0.6 is 0 Å². The molecular formula is C16H20N2O4. The Bertz CT molecular complexity index is 602. The minimum atomic E-state index is -1.33. The van der Waals surface area contributed by atoms with Crippen LogP contribution in [-0.4, -0.2) is 54.9 Å². The smallest absolute Gasteiger partial charge is 0.450 e. The van der Waals surface area contributed by atoms with Gasteiger partial charge in [-0.05, 0) is 43.1 Å². The lowest BCUT2D eigenvalue weighted by atomic mass is 10.0. The Labute approximate surface area is 129 Å². The normalized spacial score (nSPS) is 22.3. The zero-order chi connectivity index (χ0) is 15.7. The van der Waals surface area contributed by atoms with Gasteiger partial charge in [0.05, 0.1) is 13.0 Å². The highest BCUT2D eigenvalue weighted by Crippen LogP contribution is 2.27. The average Bonchev–Trinajstić information content (AvgIpc) is 2.71. The summed E-state index contributed by atoms with van der Waals surface area (Å²) in [4.78, 5) is 26.6. The first-order valence-electron chi connectivity index (χ1n) is 7.53. The maximum absolute atomic E-state index is 12.1. The van der Waals surface area contributed by atoms with Crippen molar-refractivity contribution in [2.45, 2.75) is 25.4 Å². The molecule has 1 atom stereocenters. The molecule has 22 heavy (non-hydrogen) atoms. The summed E-state index contributed by atoms with van der Waals surface area (Å²) in [6.45, 7) is 2.35. The van der Waals surface area contributed by atoms with Gasteiger partial charge in [-0.3, -0.25) is 4.79 Å². The summed E-state index contributed by atoms with van der Waals surface area (Å²) >= 11 is 0. The molecule has 0 radical (unpaired) electrons. The number of nitrogens with zero attached hydrogens (tertiary/aromatic N) is 2. The summed E-state index contributed by atoms with van der Waals surface area (Å²) in [6.07, 6.45) is 0.202. The van der Waals surface area contributed by atoms with E-state index in [0.717, 1.165) is 31.6 Å². The number of amides is 1. The molecular weight excluding hydrogens is 284 g/mol. The van der Waals surface area contributed by atoms with E-state index in [1.54, 1.807) is 4.90 Å². The van der Waals surface area contributed by atoms with E-state index in [1.165, 1.54) is 11.1 Å². The maximum atomic E-state index is 12.1. The van der Waals surface area contributed by atoms with Crippen LogP contribution < -0.4 is 4.90 Å². The van der Waals surface area contributed by atoms with Crippen molar-refractivity contribution in [1.29, 1.82) is 0 Å². The van der Waals surface area contributed by atoms with Gasteiger partial charge in [-0.25, -0.2) is 4.79 Å². The topological polar surface area (TPSA) is 70.1 Å². The van der Waals surface area contributed by atoms with Crippen LogP contribution in [0.25, 0.3) is 0 Å². The van der Waals surface area contributed by atoms with E-state index in [2.05, 4.69) is 24.1 Å². The van der Waals surface area contributed by atoms with Gasteiger partial charge in [0.25, 0.3) is 0 Å². The van der Waals surface area contributed by atoms with Crippen LogP contribution in [0.5, 0.6) is 0 Å². The molecule has 1 aromatic rings. The Morgan fingerprint density at radius 2 is 2.00 bits per heavy atom. The minimum absolute atomic E-state index is 0.0862. The number of carbonyl (C=O) groups is 2. The number of benzene rings is 1. The van der Waals surface area contributed by atoms with Gasteiger partial charge in [-0.1, -0.05) is 6.07 Å². The van der Waals surface area contributed by atoms with Crippen LogP contribution in [0.2, 0.25) is 0 Å². The minimum Gasteiger partial charge on any atom is -0.450 e. The highest BCUT2D eigenvalue weighted by molar-refractivity contribution is 5.96. The van der Waals surface area contributed by atoms with E-state index >= 15 is 0 Å². The van der Waals surface area contributed by atoms with Crippen molar-refractivity contribution in [2.75, 3.05) is 31.6 Å². The molecule has 0 aliphatic carbocycles. The molecule has 118 valence electrons. The number of carbonyl (C=O) groups excluding carboxylic acids is 1. The average molecular weight is 304 g/mol. The molecule has 6 heteroatoms. The van der Waals surface area contributed by atoms with Crippen LogP contribution in [-0.2, 0) is 22.4 Å². The Morgan fingerprint density at radius 3 is 2.73 bits per heavy atom. The zero-order valence-electron chi connectivity index (χ0n) is 12.6. The number of anilines is 1. The van der Waals surface area contributed by atoms with Crippen molar-refractivity contribution in [3.63, 3.8) is 0 Å². The largest absolute Gasteiger partial charge is 0.506 e. The van der Waals surface area contributed by atoms with Crippen LogP contribution in [0.3, 0.4) is 0 Å². The number of hydrogen-bond donors (Lipinski definition) is 1. The molecule has 1 unspecified atom stereocenters. The fraction of sp³-hybridized carbons (Fsp3) is 0.500. The van der Waals surface area contributed by atoms with Crippen molar-refractivity contribution in [3.05, 3.63) is 29.3 Å². The number of hydrogen-bond acceptors (Lipinski definition) is 4. The maximum Gasteiger partial charge on any atom is 0.506 e. The van der Waals surface area contributed by atoms with Crippen molar-refractivity contribution < 1.29 is 19.4 Å². The Kier molecular flexibility index (Phi) is 4.02. The third-order valence-corrected chi connectivity index (χ3v) is 4.38. The van der Waals surface area contributed by atoms with E-state index in [4.69, 9.17) is 9.84 Å². The van der Waals surface area contributed by atoms with Crippen molar-refractivity contribution in [2.24, 2.45) is 0 Å². The monoisotopic (exact) mass is 304 g/mol. The first kappa shape index (κ1) is 14.8. The van der Waals surface area contributed by atoms with Crippen molar-refractivity contribution >= 4 is 17.7 Å². The van der Waals surface area contributed by atoms with E-state index in [1.807, 2.05) is 6.07 Å². The molecule has 0 spiro atoms. The third kappa shape index (κ3) is 3.06. The van der Waals surface area contributed by atoms with Gasteiger partial charge in [-0.15, -0.1) is 0 Å². The second-order valence-corrected chi connectivity index (χ2v) is 5.97. The fourth-order valence-electron chi connectivity index (χ4n) is 3.14. The summed E-state index contributed by atoms with van der Waals surface area (Å²) in [5.41, 5.74) is 3.44. The molecule has 1 amide bonds. The predicted molar refractivity (Wildman–Crippen MR) is 81.2 cm³/mol.